The average Bonchev–Trinajstić information content (AvgIpc) is 3.17. The standard InChI is InChI=1S/C27H37Cl6NO6/c1-14(35)18-6-7-19-17-5-4-15-10-16(40-23(37)39-13-27(31,32)33)8-9-24(15,2)21(17)20(11-25(18,19)3)34-22(36)38-12-26(28,29)30/h15-21H,4-13H2,1-3H3,(H,34,36)/t15?,16?,17-,18+,19-,20?,21+,24-,25+/m0/s1. The molecule has 0 heterocycles. The van der Waals surface area contributed by atoms with Crippen molar-refractivity contribution >= 4 is 87.6 Å². The van der Waals surface area contributed by atoms with Crippen molar-refractivity contribution in [3.05, 3.63) is 0 Å². The van der Waals surface area contributed by atoms with Gasteiger partial charge < -0.3 is 19.5 Å². The fraction of sp³-hybridized carbons (Fsp3) is 0.889. The van der Waals surface area contributed by atoms with Crippen LogP contribution in [0.5, 0.6) is 0 Å². The molecule has 0 aromatic rings. The van der Waals surface area contributed by atoms with E-state index in [-0.39, 0.29) is 53.1 Å². The molecule has 4 fully saturated rings. The van der Waals surface area contributed by atoms with Gasteiger partial charge in [-0.1, -0.05) is 83.5 Å². The van der Waals surface area contributed by atoms with Gasteiger partial charge in [-0.3, -0.25) is 4.79 Å². The molecule has 3 unspecified atom stereocenters. The Balaban J connectivity index is 1.54. The van der Waals surface area contributed by atoms with E-state index in [1.54, 1.807) is 6.92 Å². The van der Waals surface area contributed by atoms with Crippen LogP contribution < -0.4 is 5.32 Å². The van der Waals surface area contributed by atoms with E-state index in [1.807, 2.05) is 0 Å². The molecule has 0 bridgehead atoms. The second kappa shape index (κ2) is 12.1. The first-order valence-corrected chi connectivity index (χ1v) is 16.1. The van der Waals surface area contributed by atoms with Gasteiger partial charge >= 0.3 is 12.2 Å². The Morgan fingerprint density at radius 2 is 1.52 bits per heavy atom. The van der Waals surface area contributed by atoms with Crippen molar-refractivity contribution in [3.8, 4) is 0 Å². The molecule has 4 aliphatic carbocycles. The maximum absolute atomic E-state index is 12.9. The zero-order chi connectivity index (χ0) is 29.7. The van der Waals surface area contributed by atoms with Gasteiger partial charge in [-0.2, -0.15) is 0 Å². The number of hydrogen-bond donors (Lipinski definition) is 1. The molecule has 1 N–H and O–H groups in total. The highest BCUT2D eigenvalue weighted by Crippen LogP contribution is 2.67. The number of alkyl halides is 6. The summed E-state index contributed by atoms with van der Waals surface area (Å²) in [4.78, 5) is 37.9. The largest absolute Gasteiger partial charge is 0.508 e. The van der Waals surface area contributed by atoms with Crippen LogP contribution in [0, 0.1) is 40.4 Å². The second-order valence-corrected chi connectivity index (χ2v) is 17.7. The Morgan fingerprint density at radius 3 is 2.15 bits per heavy atom. The first-order chi connectivity index (χ1) is 18.4. The summed E-state index contributed by atoms with van der Waals surface area (Å²) in [6, 6.07) is -0.214. The van der Waals surface area contributed by atoms with E-state index in [2.05, 4.69) is 19.2 Å². The highest BCUT2D eigenvalue weighted by Gasteiger charge is 2.64. The molecule has 228 valence electrons. The maximum atomic E-state index is 12.9. The first-order valence-electron chi connectivity index (χ1n) is 13.8. The lowest BCUT2D eigenvalue weighted by atomic mass is 9.43. The fourth-order valence-corrected chi connectivity index (χ4v) is 9.29. The van der Waals surface area contributed by atoms with Gasteiger partial charge in [-0.05, 0) is 92.8 Å². The smallest absolute Gasteiger partial charge is 0.445 e. The minimum atomic E-state index is -1.71. The number of carbonyl (C=O) groups is 3. The number of Topliss-reactive ketones (excluding diaryl/α,β-unsaturated/α-hetero) is 1. The van der Waals surface area contributed by atoms with Gasteiger partial charge in [0.1, 0.15) is 25.1 Å². The van der Waals surface area contributed by atoms with Crippen molar-refractivity contribution < 1.29 is 28.6 Å². The van der Waals surface area contributed by atoms with Crippen LogP contribution >= 0.6 is 69.6 Å². The lowest BCUT2D eigenvalue weighted by Gasteiger charge is -2.63. The van der Waals surface area contributed by atoms with Crippen LogP contribution in [0.15, 0.2) is 0 Å². The van der Waals surface area contributed by atoms with Crippen LogP contribution in [0.25, 0.3) is 0 Å². The lowest BCUT2D eigenvalue weighted by molar-refractivity contribution is -0.148. The number of rotatable bonds is 5. The van der Waals surface area contributed by atoms with E-state index in [0.29, 0.717) is 31.1 Å². The molecule has 13 heteroatoms. The summed E-state index contributed by atoms with van der Waals surface area (Å²) in [6.07, 6.45) is 4.87. The van der Waals surface area contributed by atoms with Crippen LogP contribution in [0.2, 0.25) is 0 Å². The number of alkyl carbamates (subject to hydrolysis) is 1. The first kappa shape index (κ1) is 32.9. The van der Waals surface area contributed by atoms with E-state index in [4.69, 9.17) is 83.8 Å². The molecule has 0 saturated heterocycles. The average molecular weight is 684 g/mol. The van der Waals surface area contributed by atoms with Crippen molar-refractivity contribution in [2.45, 2.75) is 91.9 Å². The Hall–Kier alpha value is -0.0500. The number of nitrogens with one attached hydrogen (secondary N) is 1. The van der Waals surface area contributed by atoms with Crippen LogP contribution in [-0.2, 0) is 19.0 Å². The zero-order valence-corrected chi connectivity index (χ0v) is 27.4. The topological polar surface area (TPSA) is 90.9 Å². The number of halogens is 6. The van der Waals surface area contributed by atoms with Gasteiger partial charge in [0, 0.05) is 12.0 Å². The molecule has 0 radical (unpaired) electrons. The van der Waals surface area contributed by atoms with Gasteiger partial charge in [0.25, 0.3) is 0 Å². The van der Waals surface area contributed by atoms with Crippen LogP contribution in [0.4, 0.5) is 9.59 Å². The number of fused-ring (bicyclic) bond motifs is 5. The summed E-state index contributed by atoms with van der Waals surface area (Å²) in [7, 11) is 0. The molecule has 9 atom stereocenters. The lowest BCUT2D eigenvalue weighted by Crippen LogP contribution is -2.63. The molecule has 0 aromatic heterocycles. The molecular weight excluding hydrogens is 647 g/mol. The summed E-state index contributed by atoms with van der Waals surface area (Å²) in [5, 5.41) is 3.13. The van der Waals surface area contributed by atoms with E-state index in [9.17, 15) is 14.4 Å². The summed E-state index contributed by atoms with van der Waals surface area (Å²) < 4.78 is 12.4. The molecule has 0 aromatic carbocycles. The highest BCUT2D eigenvalue weighted by atomic mass is 35.6. The van der Waals surface area contributed by atoms with Crippen molar-refractivity contribution in [1.29, 1.82) is 0 Å². The van der Waals surface area contributed by atoms with Crippen molar-refractivity contribution in [2.24, 2.45) is 40.4 Å². The van der Waals surface area contributed by atoms with E-state index < -0.39 is 26.4 Å². The number of hydrogen-bond acceptors (Lipinski definition) is 6. The second-order valence-electron chi connectivity index (χ2n) is 12.6. The molecule has 40 heavy (non-hydrogen) atoms. The van der Waals surface area contributed by atoms with Crippen molar-refractivity contribution in [3.63, 3.8) is 0 Å². The molecule has 4 rings (SSSR count). The molecule has 0 aliphatic heterocycles. The zero-order valence-electron chi connectivity index (χ0n) is 22.8. The minimum Gasteiger partial charge on any atom is -0.445 e. The molecule has 1 amide bonds. The van der Waals surface area contributed by atoms with Gasteiger partial charge in [-0.25, -0.2) is 9.59 Å². The van der Waals surface area contributed by atoms with Gasteiger partial charge in [0.2, 0.25) is 7.59 Å². The molecular formula is C27H37Cl6NO6. The third-order valence-electron chi connectivity index (χ3n) is 10.4. The van der Waals surface area contributed by atoms with E-state index >= 15 is 0 Å². The third kappa shape index (κ3) is 7.18. The number of carbonyl (C=O) groups excluding carboxylic acids is 3. The third-order valence-corrected chi connectivity index (χ3v) is 11.0. The predicted octanol–water partition coefficient (Wildman–Crippen LogP) is 8.20. The van der Waals surface area contributed by atoms with Crippen LogP contribution in [0.1, 0.15) is 72.1 Å². The predicted molar refractivity (Wildman–Crippen MR) is 156 cm³/mol. The summed E-state index contributed by atoms with van der Waals surface area (Å²) in [5.41, 5.74) is -0.330. The summed E-state index contributed by atoms with van der Waals surface area (Å²) >= 11 is 34.5. The number of amides is 1. The quantitative estimate of drug-likeness (QED) is 0.232. The van der Waals surface area contributed by atoms with Crippen LogP contribution in [0.3, 0.4) is 0 Å². The van der Waals surface area contributed by atoms with Gasteiger partial charge in [0.15, 0.2) is 0 Å². The SMILES string of the molecule is CC(=O)[C@H]1CC[C@H]2[C@@H]3CCC4CC(OC(=O)OCC(Cl)(Cl)Cl)CC[C@]4(C)[C@H]3C(NC(=O)OCC(Cl)(Cl)Cl)C[C@]12C. The van der Waals surface area contributed by atoms with Crippen LogP contribution in [-0.4, -0.2) is 51.0 Å². The monoisotopic (exact) mass is 681 g/mol. The van der Waals surface area contributed by atoms with Crippen molar-refractivity contribution in [1.82, 2.24) is 5.32 Å². The van der Waals surface area contributed by atoms with Gasteiger partial charge in [-0.15, -0.1) is 0 Å². The molecule has 7 nitrogen and oxygen atoms in total. The normalized spacial score (nSPS) is 39.3. The highest BCUT2D eigenvalue weighted by molar-refractivity contribution is 6.68. The Morgan fingerprint density at radius 1 is 0.875 bits per heavy atom. The number of ether oxygens (including phenoxy) is 3. The molecule has 4 saturated carbocycles. The number of ketones is 1. The molecule has 4 aliphatic rings. The van der Waals surface area contributed by atoms with Gasteiger partial charge in [0.05, 0.1) is 0 Å². The summed E-state index contributed by atoms with van der Waals surface area (Å²) in [6.45, 7) is 5.44. The van der Waals surface area contributed by atoms with Crippen molar-refractivity contribution in [2.75, 3.05) is 13.2 Å². The Bertz CT molecular complexity index is 988. The Kier molecular flexibility index (Phi) is 9.98. The van der Waals surface area contributed by atoms with E-state index in [1.165, 1.54) is 0 Å². The fourth-order valence-electron chi connectivity index (χ4n) is 8.97. The maximum Gasteiger partial charge on any atom is 0.508 e. The minimum absolute atomic E-state index is 0.0340. The summed E-state index contributed by atoms with van der Waals surface area (Å²) in [5.74, 6) is 1.34. The Labute approximate surface area is 265 Å². The molecule has 0 spiro atoms. The van der Waals surface area contributed by atoms with E-state index in [0.717, 1.165) is 32.1 Å².